The van der Waals surface area contributed by atoms with E-state index in [0.717, 1.165) is 0 Å². The third-order valence-corrected chi connectivity index (χ3v) is 2.55. The number of benzene rings is 1. The van der Waals surface area contributed by atoms with E-state index in [0.29, 0.717) is 5.56 Å². The number of terminal acetylenes is 1. The molecule has 8 heteroatoms. The number of rotatable bonds is 6. The lowest BCUT2D eigenvalue weighted by molar-refractivity contribution is -0.385. The number of nitrogens with zero attached hydrogens (tertiary/aromatic N) is 1. The lowest BCUT2D eigenvalue weighted by atomic mass is 10.2. The van der Waals surface area contributed by atoms with Crippen molar-refractivity contribution in [2.75, 3.05) is 0 Å². The van der Waals surface area contributed by atoms with Crippen LogP contribution in [0.25, 0.3) is 0 Å². The van der Waals surface area contributed by atoms with Crippen LogP contribution in [0.5, 0.6) is 0 Å². The zero-order valence-electron chi connectivity index (χ0n) is 10.9. The Hall–Kier alpha value is -3.08. The quantitative estimate of drug-likeness (QED) is 0.408. The van der Waals surface area contributed by atoms with Gasteiger partial charge in [0.15, 0.2) is 0 Å². The summed E-state index contributed by atoms with van der Waals surface area (Å²) < 4.78 is 0. The summed E-state index contributed by atoms with van der Waals surface area (Å²) in [6, 6.07) is 3.94. The molecule has 1 unspecified atom stereocenters. The third-order valence-electron chi connectivity index (χ3n) is 2.55. The van der Waals surface area contributed by atoms with Crippen LogP contribution in [0.3, 0.4) is 0 Å². The zero-order valence-corrected chi connectivity index (χ0v) is 10.9. The number of amides is 2. The molecule has 1 rings (SSSR count). The van der Waals surface area contributed by atoms with Gasteiger partial charge in [-0.1, -0.05) is 18.2 Å². The molecule has 1 atom stereocenters. The number of para-hydroxylation sites is 1. The van der Waals surface area contributed by atoms with Crippen LogP contribution >= 0.6 is 0 Å². The highest BCUT2D eigenvalue weighted by Crippen LogP contribution is 2.16. The summed E-state index contributed by atoms with van der Waals surface area (Å²) in [4.78, 5) is 32.6. The van der Waals surface area contributed by atoms with E-state index in [9.17, 15) is 19.7 Å². The molecule has 110 valence electrons. The summed E-state index contributed by atoms with van der Waals surface area (Å²) in [5, 5.41) is 24.2. The fourth-order valence-electron chi connectivity index (χ4n) is 1.54. The molecule has 0 saturated heterocycles. The number of hydrogen-bond donors (Lipinski definition) is 3. The fourth-order valence-corrected chi connectivity index (χ4v) is 1.54. The Morgan fingerprint density at radius 2 is 2.10 bits per heavy atom. The van der Waals surface area contributed by atoms with Gasteiger partial charge in [-0.05, 0) is 0 Å². The molecule has 1 aromatic carbocycles. The number of carbonyl (C=O) groups is 2. The van der Waals surface area contributed by atoms with Crippen LogP contribution in [0.15, 0.2) is 24.3 Å². The third kappa shape index (κ3) is 4.83. The Kier molecular flexibility index (Phi) is 5.70. The molecule has 8 nitrogen and oxygen atoms in total. The SMILES string of the molecule is C#CCC(NC(=O)NCc1ccccc1[N+](=O)[O-])C(=O)O. The second kappa shape index (κ2) is 7.49. The number of carbonyl (C=O) groups excluding carboxylic acids is 1. The van der Waals surface area contributed by atoms with E-state index >= 15 is 0 Å². The first-order chi connectivity index (χ1) is 9.95. The molecule has 0 bridgehead atoms. The van der Waals surface area contributed by atoms with E-state index in [-0.39, 0.29) is 18.7 Å². The van der Waals surface area contributed by atoms with Gasteiger partial charge >= 0.3 is 12.0 Å². The van der Waals surface area contributed by atoms with Gasteiger partial charge in [0.05, 0.1) is 11.5 Å². The molecular formula is C13H13N3O5. The highest BCUT2D eigenvalue weighted by molar-refractivity contribution is 5.82. The Bertz CT molecular complexity index is 594. The first kappa shape index (κ1) is 16.0. The van der Waals surface area contributed by atoms with Crippen LogP contribution in [-0.2, 0) is 11.3 Å². The lowest BCUT2D eigenvalue weighted by Gasteiger charge is -2.12. The van der Waals surface area contributed by atoms with E-state index in [1.54, 1.807) is 6.07 Å². The van der Waals surface area contributed by atoms with Crippen molar-refractivity contribution in [2.24, 2.45) is 0 Å². The van der Waals surface area contributed by atoms with Gasteiger partial charge in [-0.15, -0.1) is 12.3 Å². The normalized spacial score (nSPS) is 11.0. The predicted octanol–water partition coefficient (Wildman–Crippen LogP) is 0.870. The van der Waals surface area contributed by atoms with Gasteiger partial charge in [0, 0.05) is 18.1 Å². The number of carboxylic acid groups (broad SMARTS) is 1. The van der Waals surface area contributed by atoms with Gasteiger partial charge in [0.2, 0.25) is 0 Å². The van der Waals surface area contributed by atoms with Crippen LogP contribution in [0.4, 0.5) is 10.5 Å². The topological polar surface area (TPSA) is 122 Å². The maximum atomic E-state index is 11.6. The summed E-state index contributed by atoms with van der Waals surface area (Å²) in [5.41, 5.74) is 0.178. The first-order valence-corrected chi connectivity index (χ1v) is 5.88. The molecule has 0 aliphatic rings. The van der Waals surface area contributed by atoms with Crippen molar-refractivity contribution >= 4 is 17.7 Å². The first-order valence-electron chi connectivity index (χ1n) is 5.88. The number of aliphatic carboxylic acids is 1. The maximum absolute atomic E-state index is 11.6. The summed E-state index contributed by atoms with van der Waals surface area (Å²) in [7, 11) is 0. The summed E-state index contributed by atoms with van der Waals surface area (Å²) in [6.45, 7) is -0.106. The maximum Gasteiger partial charge on any atom is 0.327 e. The van der Waals surface area contributed by atoms with Gasteiger partial charge in [0.1, 0.15) is 6.04 Å². The van der Waals surface area contributed by atoms with E-state index < -0.39 is 23.0 Å². The standard InChI is InChI=1S/C13H13N3O5/c1-2-5-10(12(17)18)15-13(19)14-8-9-6-3-4-7-11(9)16(20)21/h1,3-4,6-7,10H,5,8H2,(H,17,18)(H2,14,15,19). The molecule has 21 heavy (non-hydrogen) atoms. The lowest BCUT2D eigenvalue weighted by Crippen LogP contribution is -2.45. The number of nitrogens with one attached hydrogen (secondary N) is 2. The van der Waals surface area contributed by atoms with Crippen molar-refractivity contribution in [1.82, 2.24) is 10.6 Å². The summed E-state index contributed by atoms with van der Waals surface area (Å²) in [6.07, 6.45) is 4.84. The van der Waals surface area contributed by atoms with E-state index in [1.807, 2.05) is 0 Å². The zero-order chi connectivity index (χ0) is 15.8. The van der Waals surface area contributed by atoms with Crippen LogP contribution in [0, 0.1) is 22.5 Å². The van der Waals surface area contributed by atoms with E-state index in [1.165, 1.54) is 18.2 Å². The Morgan fingerprint density at radius 3 is 2.67 bits per heavy atom. The van der Waals surface area contributed by atoms with Crippen molar-refractivity contribution < 1.29 is 19.6 Å². The minimum absolute atomic E-state index is 0.106. The molecular weight excluding hydrogens is 278 g/mol. The second-order valence-electron chi connectivity index (χ2n) is 4.01. The van der Waals surface area contributed by atoms with Crippen LogP contribution in [0.2, 0.25) is 0 Å². The predicted molar refractivity (Wildman–Crippen MR) is 73.3 cm³/mol. The van der Waals surface area contributed by atoms with Gasteiger partial charge in [-0.25, -0.2) is 9.59 Å². The number of carboxylic acids is 1. The number of nitro groups is 1. The monoisotopic (exact) mass is 291 g/mol. The fraction of sp³-hybridized carbons (Fsp3) is 0.231. The number of hydrogen-bond acceptors (Lipinski definition) is 4. The van der Waals surface area contributed by atoms with Gasteiger partial charge < -0.3 is 15.7 Å². The summed E-state index contributed by atoms with van der Waals surface area (Å²) >= 11 is 0. The average molecular weight is 291 g/mol. The molecule has 0 heterocycles. The van der Waals surface area contributed by atoms with Crippen LogP contribution in [0.1, 0.15) is 12.0 Å². The molecule has 1 aromatic rings. The van der Waals surface area contributed by atoms with Crippen molar-refractivity contribution in [1.29, 1.82) is 0 Å². The minimum Gasteiger partial charge on any atom is -0.480 e. The molecule has 0 fully saturated rings. The Labute approximate surface area is 120 Å². The Morgan fingerprint density at radius 1 is 1.43 bits per heavy atom. The molecule has 0 aliphatic heterocycles. The molecule has 2 amide bonds. The van der Waals surface area contributed by atoms with Gasteiger partial charge in [-0.3, -0.25) is 10.1 Å². The number of urea groups is 1. The molecule has 0 spiro atoms. The van der Waals surface area contributed by atoms with Crippen molar-refractivity contribution in [3.8, 4) is 12.3 Å². The molecule has 3 N–H and O–H groups in total. The highest BCUT2D eigenvalue weighted by Gasteiger charge is 2.19. The molecule has 0 radical (unpaired) electrons. The second-order valence-corrected chi connectivity index (χ2v) is 4.01. The van der Waals surface area contributed by atoms with Crippen molar-refractivity contribution in [3.05, 3.63) is 39.9 Å². The number of nitro benzene ring substituents is 1. The van der Waals surface area contributed by atoms with Gasteiger partial charge in [-0.2, -0.15) is 0 Å². The molecule has 0 saturated carbocycles. The Balaban J connectivity index is 2.63. The smallest absolute Gasteiger partial charge is 0.327 e. The minimum atomic E-state index is -1.26. The summed E-state index contributed by atoms with van der Waals surface area (Å²) in [5.74, 6) is 0.884. The van der Waals surface area contributed by atoms with Crippen LogP contribution < -0.4 is 10.6 Å². The van der Waals surface area contributed by atoms with Gasteiger partial charge in [0.25, 0.3) is 5.69 Å². The average Bonchev–Trinajstić information content (AvgIpc) is 2.44. The molecule has 0 aromatic heterocycles. The van der Waals surface area contributed by atoms with E-state index in [4.69, 9.17) is 11.5 Å². The largest absolute Gasteiger partial charge is 0.480 e. The highest BCUT2D eigenvalue weighted by atomic mass is 16.6. The van der Waals surface area contributed by atoms with Crippen molar-refractivity contribution in [2.45, 2.75) is 19.0 Å². The van der Waals surface area contributed by atoms with Crippen molar-refractivity contribution in [3.63, 3.8) is 0 Å². The molecule has 0 aliphatic carbocycles. The van der Waals surface area contributed by atoms with Crippen LogP contribution in [-0.4, -0.2) is 28.1 Å². The van der Waals surface area contributed by atoms with E-state index in [2.05, 4.69) is 16.6 Å².